The van der Waals surface area contributed by atoms with Crippen LogP contribution in [0.5, 0.6) is 5.75 Å². The molecule has 0 spiro atoms. The zero-order chi connectivity index (χ0) is 19.4. The van der Waals surface area contributed by atoms with E-state index in [0.717, 1.165) is 25.9 Å². The van der Waals surface area contributed by atoms with Crippen LogP contribution in [0.1, 0.15) is 32.1 Å². The molecule has 1 saturated carbocycles. The molecule has 3 rings (SSSR count). The molecule has 8 heteroatoms. The summed E-state index contributed by atoms with van der Waals surface area (Å²) >= 11 is 0. The van der Waals surface area contributed by atoms with Gasteiger partial charge in [-0.05, 0) is 37.0 Å². The van der Waals surface area contributed by atoms with E-state index in [1.165, 1.54) is 35.2 Å². The molecule has 0 aromatic heterocycles. The second kappa shape index (κ2) is 8.58. The Morgan fingerprint density at radius 2 is 1.93 bits per heavy atom. The molecular formula is C19H30N3O4S+. The van der Waals surface area contributed by atoms with Crippen molar-refractivity contribution in [3.63, 3.8) is 0 Å². The van der Waals surface area contributed by atoms with Crippen LogP contribution in [0.25, 0.3) is 0 Å². The third kappa shape index (κ3) is 4.80. The average Bonchev–Trinajstić information content (AvgIpc) is 3.14. The minimum atomic E-state index is -3.58. The molecule has 7 nitrogen and oxygen atoms in total. The Bertz CT molecular complexity index is 767. The van der Waals surface area contributed by atoms with Gasteiger partial charge in [-0.15, -0.1) is 0 Å². The van der Waals surface area contributed by atoms with Gasteiger partial charge in [0.2, 0.25) is 15.9 Å². The van der Waals surface area contributed by atoms with E-state index in [1.54, 1.807) is 12.1 Å². The number of hydrogen-bond donors (Lipinski definition) is 2. The molecule has 0 radical (unpaired) electrons. The van der Waals surface area contributed by atoms with Gasteiger partial charge in [-0.1, -0.05) is 12.8 Å². The van der Waals surface area contributed by atoms with Gasteiger partial charge in [0.1, 0.15) is 5.75 Å². The maximum absolute atomic E-state index is 13.0. The lowest BCUT2D eigenvalue weighted by Crippen LogP contribution is -3.12. The smallest absolute Gasteiger partial charge is 0.243 e. The summed E-state index contributed by atoms with van der Waals surface area (Å²) in [5, 5.41) is 2.86. The molecule has 1 saturated heterocycles. The van der Waals surface area contributed by atoms with Crippen LogP contribution in [0.2, 0.25) is 0 Å². The highest BCUT2D eigenvalue weighted by atomic mass is 32.2. The third-order valence-corrected chi connectivity index (χ3v) is 7.50. The van der Waals surface area contributed by atoms with E-state index in [2.05, 4.69) is 12.4 Å². The number of benzene rings is 1. The van der Waals surface area contributed by atoms with Crippen LogP contribution in [-0.2, 0) is 14.8 Å². The summed E-state index contributed by atoms with van der Waals surface area (Å²) in [5.41, 5.74) is 0.418. The number of methoxy groups -OCH3 is 1. The van der Waals surface area contributed by atoms with Crippen molar-refractivity contribution in [2.45, 2.75) is 37.0 Å². The van der Waals surface area contributed by atoms with Crippen molar-refractivity contribution in [1.82, 2.24) is 4.31 Å². The molecule has 1 aliphatic carbocycles. The second-order valence-electron chi connectivity index (χ2n) is 7.63. The number of nitrogens with one attached hydrogen (secondary N) is 2. The number of sulfonamides is 1. The lowest BCUT2D eigenvalue weighted by atomic mass is 10.0. The largest absolute Gasteiger partial charge is 0.495 e. The molecule has 2 aliphatic rings. The van der Waals surface area contributed by atoms with E-state index in [4.69, 9.17) is 4.74 Å². The van der Waals surface area contributed by atoms with Crippen LogP contribution in [0.4, 0.5) is 5.69 Å². The van der Waals surface area contributed by atoms with Crippen LogP contribution >= 0.6 is 0 Å². The second-order valence-corrected chi connectivity index (χ2v) is 9.56. The summed E-state index contributed by atoms with van der Waals surface area (Å²) in [4.78, 5) is 13.9. The lowest BCUT2D eigenvalue weighted by Gasteiger charge is -2.29. The fourth-order valence-electron chi connectivity index (χ4n) is 3.88. The summed E-state index contributed by atoms with van der Waals surface area (Å²) in [6.45, 7) is 2.59. The van der Waals surface area contributed by atoms with Gasteiger partial charge in [0, 0.05) is 6.42 Å². The highest BCUT2D eigenvalue weighted by Crippen LogP contribution is 2.31. The Morgan fingerprint density at radius 3 is 2.56 bits per heavy atom. The Balaban J connectivity index is 1.77. The van der Waals surface area contributed by atoms with Gasteiger partial charge in [0.15, 0.2) is 0 Å². The highest BCUT2D eigenvalue weighted by molar-refractivity contribution is 7.89. The Hall–Kier alpha value is -1.64. The predicted octanol–water partition coefficient (Wildman–Crippen LogP) is 0.733. The fraction of sp³-hybridized carbons (Fsp3) is 0.632. The van der Waals surface area contributed by atoms with Crippen molar-refractivity contribution >= 4 is 21.6 Å². The van der Waals surface area contributed by atoms with Gasteiger partial charge < -0.3 is 15.0 Å². The molecule has 1 amide bonds. The summed E-state index contributed by atoms with van der Waals surface area (Å²) in [6.07, 6.45) is 5.01. The van der Waals surface area contributed by atoms with Crippen molar-refractivity contribution in [1.29, 1.82) is 0 Å². The molecule has 0 unspecified atom stereocenters. The van der Waals surface area contributed by atoms with E-state index < -0.39 is 10.0 Å². The molecule has 1 aromatic rings. The van der Waals surface area contributed by atoms with Crippen LogP contribution in [0, 0.1) is 5.92 Å². The summed E-state index contributed by atoms with van der Waals surface area (Å²) in [7, 11) is 0.000114. The van der Waals surface area contributed by atoms with Crippen LogP contribution in [0.15, 0.2) is 23.1 Å². The SMILES string of the molecule is COc1ccc(S(=O)(=O)N2CC[NH+](C)CC2)cc1NC(=O)CC1CCCC1. The topological polar surface area (TPSA) is 80.2 Å². The number of piperazine rings is 1. The fourth-order valence-corrected chi connectivity index (χ4v) is 5.35. The summed E-state index contributed by atoms with van der Waals surface area (Å²) < 4.78 is 32.8. The Kier molecular flexibility index (Phi) is 6.39. The minimum Gasteiger partial charge on any atom is -0.495 e. The molecule has 1 aromatic carbocycles. The van der Waals surface area contributed by atoms with Crippen LogP contribution in [-0.4, -0.2) is 59.0 Å². The van der Waals surface area contributed by atoms with Gasteiger partial charge in [0.05, 0.1) is 50.9 Å². The number of carbonyl (C=O) groups is 1. The van der Waals surface area contributed by atoms with Gasteiger partial charge in [-0.3, -0.25) is 4.79 Å². The van der Waals surface area contributed by atoms with Crippen molar-refractivity contribution in [2.24, 2.45) is 5.92 Å². The maximum atomic E-state index is 13.0. The van der Waals surface area contributed by atoms with Gasteiger partial charge in [-0.25, -0.2) is 8.42 Å². The quantitative estimate of drug-likeness (QED) is 0.743. The monoisotopic (exact) mass is 396 g/mol. The van der Waals surface area contributed by atoms with E-state index in [9.17, 15) is 13.2 Å². The van der Waals surface area contributed by atoms with E-state index in [-0.39, 0.29) is 10.8 Å². The number of amides is 1. The number of quaternary nitrogens is 1. The number of likely N-dealkylation sites (N-methyl/N-ethyl adjacent to an activating group) is 1. The molecule has 0 bridgehead atoms. The number of hydrogen-bond acceptors (Lipinski definition) is 4. The zero-order valence-electron chi connectivity index (χ0n) is 16.2. The molecule has 1 aliphatic heterocycles. The predicted molar refractivity (Wildman–Crippen MR) is 104 cm³/mol. The number of ether oxygens (including phenoxy) is 1. The molecule has 1 heterocycles. The number of anilines is 1. The zero-order valence-corrected chi connectivity index (χ0v) is 17.0. The Morgan fingerprint density at radius 1 is 1.26 bits per heavy atom. The summed E-state index contributed by atoms with van der Waals surface area (Å²) in [5.74, 6) is 0.810. The first-order valence-electron chi connectivity index (χ1n) is 9.69. The first-order chi connectivity index (χ1) is 12.9. The molecule has 150 valence electrons. The molecule has 2 N–H and O–H groups in total. The van der Waals surface area contributed by atoms with E-state index in [1.807, 2.05) is 0 Å². The van der Waals surface area contributed by atoms with Crippen molar-refractivity contribution in [3.8, 4) is 5.75 Å². The molecular weight excluding hydrogens is 366 g/mol. The van der Waals surface area contributed by atoms with Crippen LogP contribution < -0.4 is 15.0 Å². The summed E-state index contributed by atoms with van der Waals surface area (Å²) in [6, 6.07) is 4.68. The molecule has 2 fully saturated rings. The maximum Gasteiger partial charge on any atom is 0.243 e. The first kappa shape index (κ1) is 20.1. The minimum absolute atomic E-state index is 0.0852. The standard InChI is InChI=1S/C19H29N3O4S/c1-21-9-11-22(12-10-21)27(24,25)16-7-8-18(26-2)17(14-16)20-19(23)13-15-5-3-4-6-15/h7-8,14-15H,3-6,9-13H2,1-2H3,(H,20,23)/p+1. The normalized spacial score (nSPS) is 19.9. The van der Waals surface area contributed by atoms with Crippen molar-refractivity contribution in [3.05, 3.63) is 18.2 Å². The van der Waals surface area contributed by atoms with Gasteiger partial charge >= 0.3 is 0 Å². The Labute approximate surface area is 161 Å². The molecule has 0 atom stereocenters. The third-order valence-electron chi connectivity index (χ3n) is 5.61. The first-order valence-corrected chi connectivity index (χ1v) is 11.1. The van der Waals surface area contributed by atoms with Crippen molar-refractivity contribution < 1.29 is 22.8 Å². The molecule has 27 heavy (non-hydrogen) atoms. The number of rotatable bonds is 6. The van der Waals surface area contributed by atoms with Gasteiger partial charge in [0.25, 0.3) is 0 Å². The van der Waals surface area contributed by atoms with Gasteiger partial charge in [-0.2, -0.15) is 4.31 Å². The highest BCUT2D eigenvalue weighted by Gasteiger charge is 2.30. The van der Waals surface area contributed by atoms with E-state index >= 15 is 0 Å². The number of carbonyl (C=O) groups excluding carboxylic acids is 1. The van der Waals surface area contributed by atoms with Crippen LogP contribution in [0.3, 0.4) is 0 Å². The van der Waals surface area contributed by atoms with Crippen molar-refractivity contribution in [2.75, 3.05) is 45.7 Å². The number of nitrogens with zero attached hydrogens (tertiary/aromatic N) is 1. The average molecular weight is 397 g/mol. The van der Waals surface area contributed by atoms with E-state index in [0.29, 0.717) is 36.9 Å². The lowest BCUT2D eigenvalue weighted by molar-refractivity contribution is -0.883.